The Bertz CT molecular complexity index is 566. The van der Waals surface area contributed by atoms with Crippen LogP contribution in [0.1, 0.15) is 30.6 Å². The normalized spacial score (nSPS) is 24.6. The molecule has 90 valence electrons. The predicted octanol–water partition coefficient (Wildman–Crippen LogP) is 1.07. The van der Waals surface area contributed by atoms with Crippen molar-refractivity contribution < 1.29 is 9.84 Å². The van der Waals surface area contributed by atoms with Crippen LogP contribution in [0.15, 0.2) is 6.33 Å². The molecule has 2 aromatic heterocycles. The van der Waals surface area contributed by atoms with E-state index >= 15 is 0 Å². The molecule has 2 aromatic rings. The van der Waals surface area contributed by atoms with Crippen LogP contribution in [0.3, 0.4) is 0 Å². The fraction of sp³-hybridized carbons (Fsp3) is 0.545. The van der Waals surface area contributed by atoms with Crippen LogP contribution in [-0.4, -0.2) is 30.9 Å². The first-order valence-corrected chi connectivity index (χ1v) is 5.66. The van der Waals surface area contributed by atoms with Gasteiger partial charge in [0.05, 0.1) is 12.0 Å². The topological polar surface area (TPSA) is 73.1 Å². The number of fused-ring (bicyclic) bond motifs is 1. The first-order chi connectivity index (χ1) is 8.15. The molecule has 6 nitrogen and oxygen atoms in total. The molecule has 1 N–H and O–H groups in total. The maximum Gasteiger partial charge on any atom is 0.165 e. The largest absolute Gasteiger partial charge is 0.368 e. The highest BCUT2D eigenvalue weighted by atomic mass is 16.6. The van der Waals surface area contributed by atoms with Crippen molar-refractivity contribution in [3.05, 3.63) is 17.8 Å². The fourth-order valence-electron chi connectivity index (χ4n) is 2.21. The van der Waals surface area contributed by atoms with Gasteiger partial charge in [-0.25, -0.2) is 15.0 Å². The van der Waals surface area contributed by atoms with Gasteiger partial charge in [0.25, 0.3) is 0 Å². The summed E-state index contributed by atoms with van der Waals surface area (Å²) in [5, 5.41) is 9.39. The minimum atomic E-state index is -0.679. The molecule has 0 spiro atoms. The van der Waals surface area contributed by atoms with Gasteiger partial charge in [-0.15, -0.1) is 0 Å². The number of aryl methyl sites for hydroxylation is 2. The number of imidazole rings is 1. The zero-order valence-corrected chi connectivity index (χ0v) is 9.79. The van der Waals surface area contributed by atoms with Crippen molar-refractivity contribution in [2.24, 2.45) is 0 Å². The van der Waals surface area contributed by atoms with Gasteiger partial charge in [-0.1, -0.05) is 0 Å². The molecule has 0 aliphatic carbocycles. The van der Waals surface area contributed by atoms with E-state index in [4.69, 9.17) is 4.74 Å². The van der Waals surface area contributed by atoms with Crippen LogP contribution in [0.4, 0.5) is 0 Å². The van der Waals surface area contributed by atoms with Crippen molar-refractivity contribution in [2.45, 2.75) is 39.2 Å². The highest BCUT2D eigenvalue weighted by molar-refractivity contribution is 5.73. The minimum Gasteiger partial charge on any atom is -0.368 e. The quantitative estimate of drug-likeness (QED) is 0.799. The second kappa shape index (κ2) is 3.75. The van der Waals surface area contributed by atoms with Crippen LogP contribution in [0.5, 0.6) is 0 Å². The van der Waals surface area contributed by atoms with Gasteiger partial charge in [0.15, 0.2) is 11.9 Å². The summed E-state index contributed by atoms with van der Waals surface area (Å²) < 4.78 is 7.28. The summed E-state index contributed by atoms with van der Waals surface area (Å²) in [6, 6.07) is 0. The molecule has 0 aromatic carbocycles. The number of aliphatic hydroxyl groups excluding tert-OH is 1. The molecule has 3 rings (SSSR count). The number of hydrogen-bond donors (Lipinski definition) is 1. The van der Waals surface area contributed by atoms with Crippen LogP contribution in [0.2, 0.25) is 0 Å². The van der Waals surface area contributed by atoms with Crippen LogP contribution < -0.4 is 0 Å². The molecular formula is C11H14N4O2. The van der Waals surface area contributed by atoms with E-state index in [0.29, 0.717) is 6.42 Å². The molecule has 6 heteroatoms. The molecule has 3 heterocycles. The summed E-state index contributed by atoms with van der Waals surface area (Å²) in [6.45, 7) is 3.77. The summed E-state index contributed by atoms with van der Waals surface area (Å²) in [5.41, 5.74) is 2.43. The van der Waals surface area contributed by atoms with Crippen molar-refractivity contribution >= 4 is 11.2 Å². The second-order valence-electron chi connectivity index (χ2n) is 4.30. The highest BCUT2D eigenvalue weighted by Crippen LogP contribution is 2.29. The average Bonchev–Trinajstić information content (AvgIpc) is 2.83. The Kier molecular flexibility index (Phi) is 2.34. The molecule has 1 fully saturated rings. The molecule has 1 saturated heterocycles. The van der Waals surface area contributed by atoms with E-state index in [0.717, 1.165) is 29.1 Å². The number of ether oxygens (including phenoxy) is 1. The van der Waals surface area contributed by atoms with E-state index in [9.17, 15) is 5.11 Å². The Morgan fingerprint density at radius 2 is 2.18 bits per heavy atom. The third kappa shape index (κ3) is 1.69. The van der Waals surface area contributed by atoms with Gasteiger partial charge in [0, 0.05) is 6.42 Å². The lowest BCUT2D eigenvalue weighted by Crippen LogP contribution is -2.10. The number of rotatable bonds is 1. The number of hydrogen-bond acceptors (Lipinski definition) is 5. The smallest absolute Gasteiger partial charge is 0.165 e. The first-order valence-electron chi connectivity index (χ1n) is 5.66. The molecule has 0 saturated carbocycles. The third-order valence-electron chi connectivity index (χ3n) is 2.99. The summed E-state index contributed by atoms with van der Waals surface area (Å²) in [7, 11) is 0. The molecule has 1 aliphatic heterocycles. The zero-order chi connectivity index (χ0) is 12.0. The number of aliphatic hydroxyl groups is 1. The maximum absolute atomic E-state index is 9.39. The summed E-state index contributed by atoms with van der Waals surface area (Å²) in [6.07, 6.45) is 2.27. The second-order valence-corrected chi connectivity index (χ2v) is 4.30. The van der Waals surface area contributed by atoms with Gasteiger partial charge in [-0.05, 0) is 20.3 Å². The van der Waals surface area contributed by atoms with E-state index in [1.807, 2.05) is 18.4 Å². The Balaban J connectivity index is 2.11. The summed E-state index contributed by atoms with van der Waals surface area (Å²) >= 11 is 0. The van der Waals surface area contributed by atoms with Gasteiger partial charge in [-0.3, -0.25) is 4.57 Å². The molecular weight excluding hydrogens is 220 g/mol. The molecule has 0 radical (unpaired) electrons. The first kappa shape index (κ1) is 10.6. The van der Waals surface area contributed by atoms with Crippen LogP contribution in [0, 0.1) is 13.8 Å². The lowest BCUT2D eigenvalue weighted by molar-refractivity contribution is -0.111. The van der Waals surface area contributed by atoms with Crippen molar-refractivity contribution in [3.8, 4) is 0 Å². The number of aromatic nitrogens is 4. The van der Waals surface area contributed by atoms with Crippen molar-refractivity contribution in [1.82, 2.24) is 19.5 Å². The van der Waals surface area contributed by atoms with E-state index in [2.05, 4.69) is 15.0 Å². The maximum atomic E-state index is 9.39. The van der Waals surface area contributed by atoms with Crippen LogP contribution in [-0.2, 0) is 4.74 Å². The summed E-state index contributed by atoms with van der Waals surface area (Å²) in [5.74, 6) is 0.718. The van der Waals surface area contributed by atoms with E-state index in [1.165, 1.54) is 0 Å². The standard InChI is InChI=1S/C11H14N4O2/c1-6-10-11(14-7(2)13-6)15(5-12-10)8-3-4-9(16)17-8/h5,8-9,16H,3-4H2,1-2H3. The van der Waals surface area contributed by atoms with Gasteiger partial charge in [-0.2, -0.15) is 0 Å². The average molecular weight is 234 g/mol. The molecule has 2 unspecified atom stereocenters. The fourth-order valence-corrected chi connectivity index (χ4v) is 2.21. The molecule has 0 bridgehead atoms. The molecule has 2 atom stereocenters. The van der Waals surface area contributed by atoms with Gasteiger partial charge in [0.1, 0.15) is 17.6 Å². The zero-order valence-electron chi connectivity index (χ0n) is 9.79. The summed E-state index contributed by atoms with van der Waals surface area (Å²) in [4.78, 5) is 13.0. The van der Waals surface area contributed by atoms with Crippen LogP contribution >= 0.6 is 0 Å². The molecule has 17 heavy (non-hydrogen) atoms. The minimum absolute atomic E-state index is 0.177. The van der Waals surface area contributed by atoms with Gasteiger partial charge in [0.2, 0.25) is 0 Å². The molecule has 1 aliphatic rings. The van der Waals surface area contributed by atoms with Crippen molar-refractivity contribution in [1.29, 1.82) is 0 Å². The number of nitrogens with zero attached hydrogens (tertiary/aromatic N) is 4. The van der Waals surface area contributed by atoms with Crippen molar-refractivity contribution in [3.63, 3.8) is 0 Å². The SMILES string of the molecule is Cc1nc(C)c2ncn(C3CCC(O)O3)c2n1. The van der Waals surface area contributed by atoms with Crippen LogP contribution in [0.25, 0.3) is 11.2 Å². The third-order valence-corrected chi connectivity index (χ3v) is 2.99. The lowest BCUT2D eigenvalue weighted by atomic mass is 10.3. The van der Waals surface area contributed by atoms with E-state index < -0.39 is 6.29 Å². The Morgan fingerprint density at radius 3 is 2.88 bits per heavy atom. The lowest BCUT2D eigenvalue weighted by Gasteiger charge is -2.12. The van der Waals surface area contributed by atoms with E-state index in [-0.39, 0.29) is 6.23 Å². The Hall–Kier alpha value is -1.53. The van der Waals surface area contributed by atoms with Gasteiger partial charge < -0.3 is 9.84 Å². The van der Waals surface area contributed by atoms with E-state index in [1.54, 1.807) is 6.33 Å². The predicted molar refractivity (Wildman–Crippen MR) is 60.2 cm³/mol. The van der Waals surface area contributed by atoms with Gasteiger partial charge >= 0.3 is 0 Å². The highest BCUT2D eigenvalue weighted by Gasteiger charge is 2.26. The monoisotopic (exact) mass is 234 g/mol. The van der Waals surface area contributed by atoms with Crippen molar-refractivity contribution in [2.75, 3.05) is 0 Å². The Labute approximate surface area is 98.3 Å². The molecule has 0 amide bonds. The Morgan fingerprint density at radius 1 is 1.35 bits per heavy atom.